The van der Waals surface area contributed by atoms with Gasteiger partial charge in [0.25, 0.3) is 0 Å². The maximum absolute atomic E-state index is 12.9. The van der Waals surface area contributed by atoms with Gasteiger partial charge in [0.05, 0.1) is 24.3 Å². The lowest BCUT2D eigenvalue weighted by atomic mass is 9.82. The average molecular weight is 432 g/mol. The number of rotatable bonds is 4. The second-order valence-electron chi connectivity index (χ2n) is 7.40. The summed E-state index contributed by atoms with van der Waals surface area (Å²) in [5, 5.41) is 59.3. The summed E-state index contributed by atoms with van der Waals surface area (Å²) < 4.78 is 10.7. The number of aromatic hydroxyl groups is 2. The van der Waals surface area contributed by atoms with Gasteiger partial charge in [0.15, 0.2) is 12.1 Å². The molecule has 5 atom stereocenters. The van der Waals surface area contributed by atoms with Crippen LogP contribution < -0.4 is 0 Å². The molecule has 2 aromatic carbocycles. The quantitative estimate of drug-likeness (QED) is 0.306. The van der Waals surface area contributed by atoms with E-state index in [9.17, 15) is 40.2 Å². The predicted octanol–water partition coefficient (Wildman–Crippen LogP) is -0.810. The predicted molar refractivity (Wildman–Crippen MR) is 102 cm³/mol. The van der Waals surface area contributed by atoms with Crippen LogP contribution in [-0.4, -0.2) is 79.5 Å². The number of carbonyl (C=O) groups is 2. The minimum absolute atomic E-state index is 0.00361. The van der Waals surface area contributed by atoms with E-state index in [1.165, 1.54) is 30.3 Å². The molecule has 1 aliphatic heterocycles. The molecule has 0 spiro atoms. The van der Waals surface area contributed by atoms with Crippen molar-refractivity contribution < 1.29 is 49.7 Å². The van der Waals surface area contributed by atoms with Gasteiger partial charge in [-0.2, -0.15) is 0 Å². The van der Waals surface area contributed by atoms with Crippen LogP contribution in [0.3, 0.4) is 0 Å². The first kappa shape index (κ1) is 21.4. The first-order valence-corrected chi connectivity index (χ1v) is 9.44. The molecule has 2 aliphatic rings. The monoisotopic (exact) mass is 432 g/mol. The van der Waals surface area contributed by atoms with Crippen LogP contribution in [0.5, 0.6) is 11.5 Å². The third kappa shape index (κ3) is 3.49. The summed E-state index contributed by atoms with van der Waals surface area (Å²) in [4.78, 5) is 25.6. The van der Waals surface area contributed by atoms with Crippen molar-refractivity contribution in [2.75, 3.05) is 6.61 Å². The van der Waals surface area contributed by atoms with Gasteiger partial charge in [-0.1, -0.05) is 12.1 Å². The second kappa shape index (κ2) is 8.00. The summed E-state index contributed by atoms with van der Waals surface area (Å²) in [7, 11) is 0. The van der Waals surface area contributed by atoms with Crippen molar-refractivity contribution in [3.05, 3.63) is 58.1 Å². The number of phenols is 2. The topological polar surface area (TPSA) is 174 Å². The van der Waals surface area contributed by atoms with E-state index in [-0.39, 0.29) is 40.2 Å². The molecule has 0 unspecified atom stereocenters. The van der Waals surface area contributed by atoms with Gasteiger partial charge < -0.3 is 40.1 Å². The zero-order valence-electron chi connectivity index (χ0n) is 16.0. The zero-order valence-corrected chi connectivity index (χ0v) is 16.0. The molecule has 0 amide bonds. The van der Waals surface area contributed by atoms with Gasteiger partial charge in [-0.05, 0) is 23.8 Å². The molecule has 0 radical (unpaired) electrons. The number of benzene rings is 2. The molecular weight excluding hydrogens is 412 g/mol. The Hall–Kier alpha value is -2.86. The lowest BCUT2D eigenvalue weighted by Crippen LogP contribution is -2.59. The molecule has 0 saturated carbocycles. The molecule has 31 heavy (non-hydrogen) atoms. The third-order valence-corrected chi connectivity index (χ3v) is 5.43. The summed E-state index contributed by atoms with van der Waals surface area (Å²) in [6.07, 6.45) is -7.31. The largest absolute Gasteiger partial charge is 0.507 e. The Morgan fingerprint density at radius 2 is 1.58 bits per heavy atom. The fourth-order valence-electron chi connectivity index (χ4n) is 3.81. The van der Waals surface area contributed by atoms with Crippen LogP contribution in [0.2, 0.25) is 0 Å². The number of fused-ring (bicyclic) bond motifs is 2. The summed E-state index contributed by atoms with van der Waals surface area (Å²) >= 11 is 0. The van der Waals surface area contributed by atoms with Gasteiger partial charge in [-0.15, -0.1) is 0 Å². The number of carbonyl (C=O) groups excluding carboxylic acids is 2. The van der Waals surface area contributed by atoms with Crippen molar-refractivity contribution in [1.29, 1.82) is 0 Å². The van der Waals surface area contributed by atoms with E-state index < -0.39 is 54.6 Å². The molecule has 0 aromatic heterocycles. The van der Waals surface area contributed by atoms with E-state index in [1.807, 2.05) is 0 Å². The summed E-state index contributed by atoms with van der Waals surface area (Å²) in [5.41, 5.74) is -0.228. The van der Waals surface area contributed by atoms with Crippen molar-refractivity contribution in [2.24, 2.45) is 0 Å². The molecule has 1 saturated heterocycles. The lowest BCUT2D eigenvalue weighted by Gasteiger charge is -2.39. The summed E-state index contributed by atoms with van der Waals surface area (Å²) in [6, 6.07) is 6.63. The Morgan fingerprint density at radius 1 is 0.871 bits per heavy atom. The Balaban J connectivity index is 1.60. The number of ether oxygens (including phenoxy) is 2. The van der Waals surface area contributed by atoms with Crippen LogP contribution in [0.1, 0.15) is 37.4 Å². The molecule has 1 fully saturated rings. The molecule has 1 heterocycles. The fourth-order valence-corrected chi connectivity index (χ4v) is 3.81. The van der Waals surface area contributed by atoms with Gasteiger partial charge in [-0.25, -0.2) is 0 Å². The fraction of sp³-hybridized carbons (Fsp3) is 0.333. The van der Waals surface area contributed by atoms with Crippen molar-refractivity contribution in [3.8, 4) is 11.5 Å². The number of aliphatic hydroxyl groups excluding tert-OH is 4. The van der Waals surface area contributed by atoms with E-state index >= 15 is 0 Å². The highest BCUT2D eigenvalue weighted by Gasteiger charge is 2.44. The summed E-state index contributed by atoms with van der Waals surface area (Å²) in [5.74, 6) is -2.11. The molecular formula is C21H20O10. The smallest absolute Gasteiger partial charge is 0.201 e. The normalized spacial score (nSPS) is 27.7. The highest BCUT2D eigenvalue weighted by molar-refractivity contribution is 6.30. The average Bonchev–Trinajstić information content (AvgIpc) is 2.75. The highest BCUT2D eigenvalue weighted by Crippen LogP contribution is 2.37. The van der Waals surface area contributed by atoms with Crippen LogP contribution in [0.25, 0.3) is 0 Å². The Labute approximate surface area is 175 Å². The molecule has 164 valence electrons. The molecule has 1 aliphatic carbocycles. The summed E-state index contributed by atoms with van der Waals surface area (Å²) in [6.45, 7) is -0.912. The number of aliphatic hydroxyl groups is 4. The Bertz CT molecular complexity index is 1050. The van der Waals surface area contributed by atoms with Gasteiger partial charge in [0.2, 0.25) is 5.78 Å². The number of hydrogen-bond acceptors (Lipinski definition) is 10. The maximum atomic E-state index is 12.9. The Kier molecular flexibility index (Phi) is 5.52. The molecule has 0 bridgehead atoms. The van der Waals surface area contributed by atoms with Crippen LogP contribution in [0.4, 0.5) is 0 Å². The molecule has 10 heteroatoms. The zero-order chi connectivity index (χ0) is 22.4. The van der Waals surface area contributed by atoms with Crippen LogP contribution in [0.15, 0.2) is 30.3 Å². The van der Waals surface area contributed by atoms with Gasteiger partial charge >= 0.3 is 0 Å². The van der Waals surface area contributed by atoms with Gasteiger partial charge in [0, 0.05) is 11.1 Å². The van der Waals surface area contributed by atoms with Crippen molar-refractivity contribution in [2.45, 2.75) is 37.3 Å². The first-order valence-electron chi connectivity index (χ1n) is 9.44. The molecule has 6 N–H and O–H groups in total. The second-order valence-corrected chi connectivity index (χ2v) is 7.40. The first-order chi connectivity index (χ1) is 14.7. The molecule has 4 rings (SSSR count). The lowest BCUT2D eigenvalue weighted by molar-refractivity contribution is -0.304. The van der Waals surface area contributed by atoms with Crippen molar-refractivity contribution in [3.63, 3.8) is 0 Å². The number of phenolic OH excluding ortho intramolecular Hbond substituents is 2. The third-order valence-electron chi connectivity index (χ3n) is 5.43. The van der Waals surface area contributed by atoms with E-state index in [0.717, 1.165) is 0 Å². The molecule has 2 aromatic rings. The van der Waals surface area contributed by atoms with Gasteiger partial charge in [-0.3, -0.25) is 9.59 Å². The SMILES string of the molecule is O=C1c2cccc(O)c2C(=O)c2c(O)cc(CO[C@@H]3O[C@H](CO)[C@@H](O)[C@H](O)[C@H]3O)cc21. The van der Waals surface area contributed by atoms with E-state index in [0.29, 0.717) is 0 Å². The minimum Gasteiger partial charge on any atom is -0.507 e. The Morgan fingerprint density at radius 3 is 2.29 bits per heavy atom. The van der Waals surface area contributed by atoms with E-state index in [2.05, 4.69) is 0 Å². The standard InChI is InChI=1S/C21H20O10/c22-6-13-17(26)19(28)20(29)21(31-13)30-7-8-4-10-15(12(24)5-8)18(27)14-9(16(10)25)2-1-3-11(14)23/h1-5,13,17,19-24,26,28-29H,6-7H2/t13-,17-,19+,20-,21-/m1/s1. The highest BCUT2D eigenvalue weighted by atomic mass is 16.7. The van der Waals surface area contributed by atoms with Crippen LogP contribution >= 0.6 is 0 Å². The van der Waals surface area contributed by atoms with E-state index in [1.54, 1.807) is 0 Å². The van der Waals surface area contributed by atoms with Crippen LogP contribution in [-0.2, 0) is 16.1 Å². The van der Waals surface area contributed by atoms with Crippen LogP contribution in [0, 0.1) is 0 Å². The maximum Gasteiger partial charge on any atom is 0.201 e. The molecule has 10 nitrogen and oxygen atoms in total. The van der Waals surface area contributed by atoms with E-state index in [4.69, 9.17) is 9.47 Å². The minimum atomic E-state index is -1.61. The number of hydrogen-bond donors (Lipinski definition) is 6. The van der Waals surface area contributed by atoms with Crippen molar-refractivity contribution in [1.82, 2.24) is 0 Å². The van der Waals surface area contributed by atoms with Gasteiger partial charge in [0.1, 0.15) is 35.9 Å². The number of ketones is 2. The van der Waals surface area contributed by atoms with Crippen molar-refractivity contribution >= 4 is 11.6 Å².